The van der Waals surface area contributed by atoms with Gasteiger partial charge in [-0.05, 0) is 51.3 Å². The molecule has 0 aromatic heterocycles. The Kier molecular flexibility index (Phi) is 11.9. The first-order valence-corrected chi connectivity index (χ1v) is 10.2. The lowest BCUT2D eigenvalue weighted by Crippen LogP contribution is -2.45. The number of hydrogen-bond acceptors (Lipinski definition) is 3. The highest BCUT2D eigenvalue weighted by Gasteiger charge is 2.21. The van der Waals surface area contributed by atoms with Gasteiger partial charge in [-0.2, -0.15) is 0 Å². The summed E-state index contributed by atoms with van der Waals surface area (Å²) in [5.41, 5.74) is 1.32. The molecule has 1 atom stereocenters. The molecule has 27 heavy (non-hydrogen) atoms. The van der Waals surface area contributed by atoms with Gasteiger partial charge in [0.05, 0.1) is 18.7 Å². The van der Waals surface area contributed by atoms with Crippen LogP contribution in [0.5, 0.6) is 0 Å². The van der Waals surface area contributed by atoms with Crippen molar-refractivity contribution in [1.29, 1.82) is 0 Å². The molecule has 0 heterocycles. The molecule has 1 saturated carbocycles. The van der Waals surface area contributed by atoms with Crippen LogP contribution in [0.15, 0.2) is 35.3 Å². The van der Waals surface area contributed by atoms with Crippen LogP contribution < -0.4 is 10.6 Å². The lowest BCUT2D eigenvalue weighted by Gasteiger charge is -2.30. The van der Waals surface area contributed by atoms with Crippen molar-refractivity contribution in [3.05, 3.63) is 35.9 Å². The zero-order chi connectivity index (χ0) is 18.8. The molecule has 2 rings (SSSR count). The second kappa shape index (κ2) is 13.3. The third-order valence-electron chi connectivity index (χ3n) is 5.24. The van der Waals surface area contributed by atoms with E-state index in [4.69, 9.17) is 4.99 Å². The van der Waals surface area contributed by atoms with E-state index in [-0.39, 0.29) is 36.1 Å². The van der Waals surface area contributed by atoms with Gasteiger partial charge in [-0.25, -0.2) is 0 Å². The van der Waals surface area contributed by atoms with Crippen molar-refractivity contribution in [2.75, 3.05) is 26.2 Å². The number of rotatable bonds is 8. The van der Waals surface area contributed by atoms with Gasteiger partial charge in [0.25, 0.3) is 0 Å². The summed E-state index contributed by atoms with van der Waals surface area (Å²) in [6.07, 6.45) is 3.64. The predicted molar refractivity (Wildman–Crippen MR) is 125 cm³/mol. The summed E-state index contributed by atoms with van der Waals surface area (Å²) in [4.78, 5) is 7.37. The Morgan fingerprint density at radius 2 is 1.74 bits per heavy atom. The lowest BCUT2D eigenvalue weighted by atomic mass is 9.93. The third kappa shape index (κ3) is 7.95. The number of likely N-dealkylation sites (N-methyl/N-ethyl adjacent to an activating group) is 1. The normalized spacial score (nSPS) is 21.4. The van der Waals surface area contributed by atoms with Gasteiger partial charge in [-0.3, -0.25) is 9.89 Å². The van der Waals surface area contributed by atoms with E-state index in [1.54, 1.807) is 0 Å². The number of aliphatic hydroxyl groups excluding tert-OH is 1. The molecule has 154 valence electrons. The van der Waals surface area contributed by atoms with Gasteiger partial charge in [0.15, 0.2) is 5.96 Å². The average Bonchev–Trinajstić information content (AvgIpc) is 2.67. The minimum Gasteiger partial charge on any atom is -0.393 e. The fourth-order valence-corrected chi connectivity index (χ4v) is 3.68. The minimum atomic E-state index is -0.127. The maximum Gasteiger partial charge on any atom is 0.191 e. The van der Waals surface area contributed by atoms with Crippen molar-refractivity contribution >= 4 is 29.9 Å². The molecule has 0 amide bonds. The number of halogens is 1. The van der Waals surface area contributed by atoms with Crippen LogP contribution in [0.1, 0.15) is 58.1 Å². The highest BCUT2D eigenvalue weighted by Crippen LogP contribution is 2.21. The zero-order valence-corrected chi connectivity index (χ0v) is 19.4. The summed E-state index contributed by atoms with van der Waals surface area (Å²) in [5.74, 6) is 0.891. The Morgan fingerprint density at radius 3 is 2.30 bits per heavy atom. The number of aliphatic hydroxyl groups is 1. The number of aliphatic imine (C=N–C) groups is 1. The van der Waals surface area contributed by atoms with Crippen LogP contribution in [-0.2, 0) is 0 Å². The largest absolute Gasteiger partial charge is 0.393 e. The fraction of sp³-hybridized carbons (Fsp3) is 0.667. The summed E-state index contributed by atoms with van der Waals surface area (Å²) in [5, 5.41) is 16.7. The summed E-state index contributed by atoms with van der Waals surface area (Å²) in [6, 6.07) is 11.4. The molecule has 1 aliphatic rings. The molecule has 1 aromatic rings. The fourth-order valence-electron chi connectivity index (χ4n) is 3.68. The predicted octanol–water partition coefficient (Wildman–Crippen LogP) is 3.55. The van der Waals surface area contributed by atoms with Crippen LogP contribution in [-0.4, -0.2) is 54.3 Å². The lowest BCUT2D eigenvalue weighted by molar-refractivity contribution is 0.120. The molecule has 1 aliphatic carbocycles. The first-order valence-electron chi connectivity index (χ1n) is 10.2. The summed E-state index contributed by atoms with van der Waals surface area (Å²) in [6.45, 7) is 10.1. The number of nitrogens with zero attached hydrogens (tertiary/aromatic N) is 2. The molecule has 5 nitrogen and oxygen atoms in total. The number of nitrogens with one attached hydrogen (secondary N) is 2. The molecular weight excluding hydrogens is 451 g/mol. The number of guanidine groups is 1. The van der Waals surface area contributed by atoms with Crippen molar-refractivity contribution < 1.29 is 5.11 Å². The third-order valence-corrected chi connectivity index (χ3v) is 5.24. The molecule has 0 saturated heterocycles. The van der Waals surface area contributed by atoms with Crippen LogP contribution in [0, 0.1) is 0 Å². The molecular formula is C21H37IN4O. The van der Waals surface area contributed by atoms with E-state index in [0.717, 1.165) is 57.8 Å². The maximum absolute atomic E-state index is 9.70. The van der Waals surface area contributed by atoms with Gasteiger partial charge in [-0.1, -0.05) is 44.2 Å². The van der Waals surface area contributed by atoms with Crippen LogP contribution in [0.2, 0.25) is 0 Å². The van der Waals surface area contributed by atoms with E-state index in [1.165, 1.54) is 5.56 Å². The van der Waals surface area contributed by atoms with Gasteiger partial charge in [-0.15, -0.1) is 24.0 Å². The van der Waals surface area contributed by atoms with Crippen molar-refractivity contribution in [1.82, 2.24) is 15.5 Å². The number of hydrogen-bond donors (Lipinski definition) is 3. The quantitative estimate of drug-likeness (QED) is 0.298. The first kappa shape index (κ1) is 24.2. The number of benzene rings is 1. The Bertz CT molecular complexity index is 528. The molecule has 6 heteroatoms. The Hall–Kier alpha value is -0.860. The van der Waals surface area contributed by atoms with E-state index >= 15 is 0 Å². The molecule has 0 radical (unpaired) electrons. The molecule has 0 aliphatic heterocycles. The monoisotopic (exact) mass is 488 g/mol. The molecule has 0 spiro atoms. The van der Waals surface area contributed by atoms with Gasteiger partial charge in [0.1, 0.15) is 0 Å². The Morgan fingerprint density at radius 1 is 1.11 bits per heavy atom. The van der Waals surface area contributed by atoms with E-state index < -0.39 is 0 Å². The van der Waals surface area contributed by atoms with Gasteiger partial charge < -0.3 is 15.7 Å². The van der Waals surface area contributed by atoms with E-state index in [0.29, 0.717) is 6.04 Å². The zero-order valence-electron chi connectivity index (χ0n) is 17.0. The van der Waals surface area contributed by atoms with Crippen molar-refractivity contribution in [3.8, 4) is 0 Å². The summed E-state index contributed by atoms with van der Waals surface area (Å²) >= 11 is 0. The van der Waals surface area contributed by atoms with Crippen molar-refractivity contribution in [3.63, 3.8) is 0 Å². The van der Waals surface area contributed by atoms with Crippen molar-refractivity contribution in [2.24, 2.45) is 4.99 Å². The molecule has 1 fully saturated rings. The molecule has 3 N–H and O–H groups in total. The van der Waals surface area contributed by atoms with Gasteiger partial charge in [0.2, 0.25) is 0 Å². The van der Waals surface area contributed by atoms with Gasteiger partial charge in [0, 0.05) is 12.6 Å². The summed E-state index contributed by atoms with van der Waals surface area (Å²) < 4.78 is 0. The Labute approximate surface area is 182 Å². The van der Waals surface area contributed by atoms with Crippen LogP contribution in [0.3, 0.4) is 0 Å². The average molecular weight is 488 g/mol. The van der Waals surface area contributed by atoms with Crippen LogP contribution in [0.4, 0.5) is 0 Å². The highest BCUT2D eigenvalue weighted by molar-refractivity contribution is 14.0. The smallest absolute Gasteiger partial charge is 0.191 e. The Balaban J connectivity index is 0.00000364. The maximum atomic E-state index is 9.70. The van der Waals surface area contributed by atoms with Crippen LogP contribution in [0.25, 0.3) is 0 Å². The van der Waals surface area contributed by atoms with Crippen molar-refractivity contribution in [2.45, 2.75) is 64.6 Å². The second-order valence-electron chi connectivity index (χ2n) is 7.02. The van der Waals surface area contributed by atoms with E-state index in [9.17, 15) is 5.11 Å². The van der Waals surface area contributed by atoms with E-state index in [2.05, 4.69) is 66.6 Å². The topological polar surface area (TPSA) is 59.9 Å². The first-order chi connectivity index (χ1) is 12.7. The summed E-state index contributed by atoms with van der Waals surface area (Å²) in [7, 11) is 0. The van der Waals surface area contributed by atoms with Crippen LogP contribution >= 0.6 is 24.0 Å². The standard InChI is InChI=1S/C21H36N4O.HI/c1-4-22-21(24-18-12-14-19(26)15-13-18)23-16-20(25(5-2)6-3)17-10-8-7-9-11-17;/h7-11,18-20,26H,4-6,12-16H2,1-3H3,(H2,22,23,24);1H. The second-order valence-corrected chi connectivity index (χ2v) is 7.02. The minimum absolute atomic E-state index is 0. The molecule has 0 bridgehead atoms. The SMILES string of the molecule is CCNC(=NCC(c1ccccc1)N(CC)CC)NC1CCC(O)CC1.I. The molecule has 1 aromatic carbocycles. The molecule has 1 unspecified atom stereocenters. The van der Waals surface area contributed by atoms with E-state index in [1.807, 2.05) is 0 Å². The highest BCUT2D eigenvalue weighted by atomic mass is 127. The van der Waals surface area contributed by atoms with Gasteiger partial charge >= 0.3 is 0 Å².